The first kappa shape index (κ1) is 20.2. The molecule has 0 aromatic carbocycles. The molecule has 1 N–H and O–H groups in total. The Balaban J connectivity index is 1.36. The second-order valence-electron chi connectivity index (χ2n) is 10.5. The van der Waals surface area contributed by atoms with Crippen LogP contribution in [0.1, 0.15) is 79.1 Å². The zero-order valence-corrected chi connectivity index (χ0v) is 18.0. The van der Waals surface area contributed by atoms with Gasteiger partial charge in [-0.15, -0.1) is 0 Å². The normalized spacial score (nSPS) is 44.1. The molecule has 5 aliphatic rings. The first-order chi connectivity index (χ1) is 13.1. The number of cyclic esters (lactones) is 1. The molecule has 1 amide bonds. The molecule has 4 aliphatic carbocycles. The van der Waals surface area contributed by atoms with Crippen LogP contribution in [0.5, 0.6) is 0 Å². The first-order valence-corrected chi connectivity index (χ1v) is 11.1. The molecule has 5 fully saturated rings. The van der Waals surface area contributed by atoms with E-state index < -0.39 is 17.4 Å². The van der Waals surface area contributed by atoms with Crippen LogP contribution in [0.15, 0.2) is 11.6 Å². The van der Waals surface area contributed by atoms with Crippen molar-refractivity contribution in [1.29, 1.82) is 0 Å². The van der Waals surface area contributed by atoms with Crippen LogP contribution in [-0.4, -0.2) is 46.2 Å². The Labute approximate surface area is 169 Å². The molecule has 1 heterocycles. The molecule has 0 unspecified atom stereocenters. The van der Waals surface area contributed by atoms with E-state index >= 15 is 0 Å². The summed E-state index contributed by atoms with van der Waals surface area (Å²) in [5.41, 5.74) is -0.980. The second kappa shape index (κ2) is 7.02. The van der Waals surface area contributed by atoms with Crippen molar-refractivity contribution in [3.8, 4) is 0 Å². The molecule has 5 rings (SSSR count). The summed E-state index contributed by atoms with van der Waals surface area (Å²) >= 11 is 0. The molecule has 4 bridgehead atoms. The van der Waals surface area contributed by atoms with Crippen LogP contribution < -0.4 is 0 Å². The molecule has 28 heavy (non-hydrogen) atoms. The average Bonchev–Trinajstić information content (AvgIpc) is 2.72. The first-order valence-electron chi connectivity index (χ1n) is 11.1. The molecule has 1 saturated heterocycles. The highest BCUT2D eigenvalue weighted by atomic mass is 16.6. The van der Waals surface area contributed by atoms with Gasteiger partial charge in [0.15, 0.2) is 11.3 Å². The van der Waals surface area contributed by atoms with Gasteiger partial charge in [0, 0.05) is 0 Å². The standard InChI is InChI=1S/C23H37NO4/c1-16(2)6-5-7-21(3)22(4,26)24(20(25)28-21)8-9-27-23-13-17-10-18(14-23)12-19(11-17)15-23/h6,17-19,26H,5,7-15H2,1-4H3/t17?,18?,19?,21-,22+,23?/m0/s1. The number of hydrogen-bond donors (Lipinski definition) is 1. The third-order valence-corrected chi connectivity index (χ3v) is 7.94. The highest BCUT2D eigenvalue weighted by Crippen LogP contribution is 2.57. The third kappa shape index (κ3) is 3.49. The molecule has 0 spiro atoms. The van der Waals surface area contributed by atoms with Crippen molar-refractivity contribution in [2.75, 3.05) is 13.2 Å². The van der Waals surface area contributed by atoms with Gasteiger partial charge in [-0.1, -0.05) is 11.6 Å². The van der Waals surface area contributed by atoms with E-state index in [9.17, 15) is 9.90 Å². The van der Waals surface area contributed by atoms with Gasteiger partial charge in [0.2, 0.25) is 0 Å². The Hall–Kier alpha value is -1.07. The number of nitrogens with zero attached hydrogens (tertiary/aromatic N) is 1. The Morgan fingerprint density at radius 3 is 2.29 bits per heavy atom. The average molecular weight is 392 g/mol. The fourth-order valence-electron chi connectivity index (χ4n) is 6.60. The maximum atomic E-state index is 12.5. The maximum absolute atomic E-state index is 12.5. The summed E-state index contributed by atoms with van der Waals surface area (Å²) in [6, 6.07) is 0. The molecule has 0 aromatic heterocycles. The lowest BCUT2D eigenvalue weighted by Crippen LogP contribution is -2.56. The highest BCUT2D eigenvalue weighted by Gasteiger charge is 2.59. The van der Waals surface area contributed by atoms with Crippen LogP contribution >= 0.6 is 0 Å². The largest absolute Gasteiger partial charge is 0.438 e. The number of rotatable bonds is 7. The minimum atomic E-state index is -1.33. The van der Waals surface area contributed by atoms with Gasteiger partial charge in [-0.25, -0.2) is 4.79 Å². The van der Waals surface area contributed by atoms with E-state index in [4.69, 9.17) is 9.47 Å². The molecule has 0 aromatic rings. The minimum Gasteiger partial charge on any atom is -0.438 e. The topological polar surface area (TPSA) is 59.0 Å². The summed E-state index contributed by atoms with van der Waals surface area (Å²) in [6.45, 7) is 8.49. The summed E-state index contributed by atoms with van der Waals surface area (Å²) < 4.78 is 12.1. The number of hydrogen-bond acceptors (Lipinski definition) is 4. The molecule has 4 saturated carbocycles. The van der Waals surface area contributed by atoms with Crippen LogP contribution in [0, 0.1) is 17.8 Å². The molecule has 1 aliphatic heterocycles. The van der Waals surface area contributed by atoms with Crippen LogP contribution in [0.3, 0.4) is 0 Å². The lowest BCUT2D eigenvalue weighted by Gasteiger charge is -2.56. The highest BCUT2D eigenvalue weighted by molar-refractivity contribution is 5.72. The fraction of sp³-hybridized carbons (Fsp3) is 0.870. The number of aliphatic hydroxyl groups is 1. The number of carbonyl (C=O) groups is 1. The minimum absolute atomic E-state index is 0.0248. The van der Waals surface area contributed by atoms with E-state index in [0.717, 1.165) is 24.2 Å². The van der Waals surface area contributed by atoms with Gasteiger partial charge in [0.25, 0.3) is 0 Å². The van der Waals surface area contributed by atoms with E-state index in [1.807, 2.05) is 6.92 Å². The smallest absolute Gasteiger partial charge is 0.412 e. The molecule has 5 heteroatoms. The molecular formula is C23H37NO4. The molecule has 5 nitrogen and oxygen atoms in total. The van der Waals surface area contributed by atoms with Gasteiger partial charge in [-0.3, -0.25) is 4.90 Å². The van der Waals surface area contributed by atoms with E-state index in [-0.39, 0.29) is 5.60 Å². The van der Waals surface area contributed by atoms with E-state index in [0.29, 0.717) is 19.6 Å². The second-order valence-corrected chi connectivity index (χ2v) is 10.5. The Kier molecular flexibility index (Phi) is 5.06. The molecule has 158 valence electrons. The van der Waals surface area contributed by atoms with Crippen molar-refractivity contribution >= 4 is 6.09 Å². The van der Waals surface area contributed by atoms with Gasteiger partial charge in [0.05, 0.1) is 18.8 Å². The monoisotopic (exact) mass is 391 g/mol. The van der Waals surface area contributed by atoms with Gasteiger partial charge in [0.1, 0.15) is 0 Å². The Morgan fingerprint density at radius 2 is 1.75 bits per heavy atom. The van der Waals surface area contributed by atoms with Crippen LogP contribution in [0.25, 0.3) is 0 Å². The van der Waals surface area contributed by atoms with Crippen molar-refractivity contribution in [3.05, 3.63) is 11.6 Å². The van der Waals surface area contributed by atoms with Gasteiger partial charge < -0.3 is 14.6 Å². The Morgan fingerprint density at radius 1 is 1.18 bits per heavy atom. The quantitative estimate of drug-likeness (QED) is 0.643. The summed E-state index contributed by atoms with van der Waals surface area (Å²) in [7, 11) is 0. The summed E-state index contributed by atoms with van der Waals surface area (Å²) in [4.78, 5) is 14.0. The predicted molar refractivity (Wildman–Crippen MR) is 108 cm³/mol. The fourth-order valence-corrected chi connectivity index (χ4v) is 6.60. The zero-order valence-electron chi connectivity index (χ0n) is 18.0. The maximum Gasteiger partial charge on any atom is 0.412 e. The van der Waals surface area contributed by atoms with Crippen LogP contribution in [0.2, 0.25) is 0 Å². The predicted octanol–water partition coefficient (Wildman–Crippen LogP) is 4.64. The number of allylic oxidation sites excluding steroid dienone is 2. The number of ether oxygens (including phenoxy) is 2. The SMILES string of the molecule is CC(C)=CCC[C@]1(C)OC(=O)N(CCOC23CC4CC(CC(C4)C2)C3)[C@]1(C)O. The lowest BCUT2D eigenvalue weighted by atomic mass is 9.54. The third-order valence-electron chi connectivity index (χ3n) is 7.94. The summed E-state index contributed by atoms with van der Waals surface area (Å²) in [5.74, 6) is 2.51. The van der Waals surface area contributed by atoms with Crippen molar-refractivity contribution < 1.29 is 19.4 Å². The van der Waals surface area contributed by atoms with Gasteiger partial charge in [-0.2, -0.15) is 0 Å². The summed E-state index contributed by atoms with van der Waals surface area (Å²) in [6.07, 6.45) is 10.8. The van der Waals surface area contributed by atoms with Crippen LogP contribution in [0.4, 0.5) is 4.79 Å². The molecule has 2 atom stereocenters. The lowest BCUT2D eigenvalue weighted by molar-refractivity contribution is -0.175. The van der Waals surface area contributed by atoms with Gasteiger partial charge in [-0.05, 0) is 96.8 Å². The zero-order chi connectivity index (χ0) is 20.2. The van der Waals surface area contributed by atoms with Crippen molar-refractivity contribution in [3.63, 3.8) is 0 Å². The van der Waals surface area contributed by atoms with Crippen LogP contribution in [-0.2, 0) is 9.47 Å². The Bertz CT molecular complexity index is 616. The van der Waals surface area contributed by atoms with Crippen molar-refractivity contribution in [2.45, 2.75) is 96.0 Å². The molecular weight excluding hydrogens is 354 g/mol. The van der Waals surface area contributed by atoms with E-state index in [2.05, 4.69) is 19.9 Å². The summed E-state index contributed by atoms with van der Waals surface area (Å²) in [5, 5.41) is 11.2. The van der Waals surface area contributed by atoms with E-state index in [1.165, 1.54) is 49.0 Å². The van der Waals surface area contributed by atoms with Crippen molar-refractivity contribution in [1.82, 2.24) is 4.90 Å². The number of carbonyl (C=O) groups excluding carboxylic acids is 1. The van der Waals surface area contributed by atoms with E-state index in [1.54, 1.807) is 6.92 Å². The van der Waals surface area contributed by atoms with Crippen molar-refractivity contribution in [2.24, 2.45) is 17.8 Å². The number of amides is 1. The molecule has 0 radical (unpaired) electrons. The van der Waals surface area contributed by atoms with Gasteiger partial charge >= 0.3 is 6.09 Å².